The van der Waals surface area contributed by atoms with Crippen molar-refractivity contribution < 1.29 is 45.4 Å². The van der Waals surface area contributed by atoms with Crippen LogP contribution in [-0.4, -0.2) is 73.3 Å². The van der Waals surface area contributed by atoms with E-state index in [0.717, 1.165) is 37.4 Å². The molecule has 0 saturated heterocycles. The molecule has 6 rings (SSSR count). The van der Waals surface area contributed by atoms with Crippen molar-refractivity contribution in [2.24, 2.45) is 10.9 Å². The van der Waals surface area contributed by atoms with Crippen LogP contribution < -0.4 is 25.5 Å². The number of carbonyl (C=O) groups is 2. The van der Waals surface area contributed by atoms with Gasteiger partial charge in [0.2, 0.25) is 5.91 Å². The summed E-state index contributed by atoms with van der Waals surface area (Å²) < 4.78 is 83.9. The van der Waals surface area contributed by atoms with E-state index in [1.54, 1.807) is 37.9 Å². The Morgan fingerprint density at radius 3 is 2.19 bits per heavy atom. The predicted octanol–water partition coefficient (Wildman–Crippen LogP) is 9.63. The van der Waals surface area contributed by atoms with Gasteiger partial charge in [0, 0.05) is 45.9 Å². The Bertz CT molecular complexity index is 2780. The fraction of sp³-hybridized carbons (Fsp3) is 0.523. The molecule has 0 aliphatic carbocycles. The molecule has 0 aromatic heterocycles. The fourth-order valence-corrected chi connectivity index (χ4v) is 12.9. The number of hydrogen-bond donors (Lipinski definition) is 4. The minimum Gasteiger partial charge on any atom is -0.478 e. The number of rotatable bonds is 14. The largest absolute Gasteiger partial charge is 0.478 e. The molecule has 63 heavy (non-hydrogen) atoms. The summed E-state index contributed by atoms with van der Waals surface area (Å²) in [5, 5.41) is 12.6. The highest BCUT2D eigenvalue weighted by atomic mass is 35.5. The Morgan fingerprint density at radius 2 is 1.60 bits per heavy atom. The number of unbranched alkanes of at least 4 members (excludes halogenated alkanes) is 2. The van der Waals surface area contributed by atoms with Crippen LogP contribution in [0.5, 0.6) is 11.5 Å². The molecule has 19 heteroatoms. The quantitative estimate of drug-likeness (QED) is 0.0404. The van der Waals surface area contributed by atoms with Crippen LogP contribution in [-0.2, 0) is 25.0 Å². The van der Waals surface area contributed by atoms with Crippen LogP contribution in [0.4, 0.5) is 5.69 Å². The summed E-state index contributed by atoms with van der Waals surface area (Å²) in [5.41, 5.74) is -1.63. The maximum absolute atomic E-state index is 13.9. The van der Waals surface area contributed by atoms with Crippen LogP contribution in [0.1, 0.15) is 145 Å². The second-order valence-corrected chi connectivity index (χ2v) is 23.2. The number of nitrogens with one attached hydrogen (secondary N) is 1. The van der Waals surface area contributed by atoms with E-state index >= 15 is 0 Å². The second-order valence-electron chi connectivity index (χ2n) is 18.4. The molecule has 3 aromatic carbocycles. The van der Waals surface area contributed by atoms with Gasteiger partial charge in [0.25, 0.3) is 20.2 Å². The molecule has 4 N–H and O–H groups in total. The zero-order valence-corrected chi connectivity index (χ0v) is 41.4. The Kier molecular flexibility index (Phi) is 14.1. The minimum atomic E-state index is -5.27. The van der Waals surface area contributed by atoms with E-state index in [1.165, 1.54) is 0 Å². The Hall–Kier alpha value is -3.09. The van der Waals surface area contributed by atoms with E-state index in [0.29, 0.717) is 42.9 Å². The smallest absolute Gasteiger partial charge is 0.337 e. The van der Waals surface area contributed by atoms with Crippen LogP contribution in [0.25, 0.3) is 5.57 Å². The van der Waals surface area contributed by atoms with Crippen molar-refractivity contribution in [1.82, 2.24) is 5.32 Å². The highest BCUT2D eigenvalue weighted by molar-refractivity contribution is 8.00. The lowest BCUT2D eigenvalue weighted by Gasteiger charge is -2.47. The van der Waals surface area contributed by atoms with Gasteiger partial charge in [-0.3, -0.25) is 18.9 Å². The first-order valence-corrected chi connectivity index (χ1v) is 25.8. The number of carbonyl (C=O) groups excluding carboxylic acids is 1. The number of aromatic carboxylic acids is 1. The number of fused-ring (bicyclic) bond motifs is 4. The highest BCUT2D eigenvalue weighted by Crippen LogP contribution is 2.56. The first-order chi connectivity index (χ1) is 29.1. The second kappa shape index (κ2) is 17.9. The summed E-state index contributed by atoms with van der Waals surface area (Å²) >= 11 is 21.9. The van der Waals surface area contributed by atoms with Gasteiger partial charge in [-0.2, -0.15) is 16.8 Å². The van der Waals surface area contributed by atoms with Gasteiger partial charge in [-0.15, -0.1) is 11.8 Å². The molecular weight excluding hydrogens is 933 g/mol. The monoisotopic (exact) mass is 985 g/mol. The molecular formula is C44H54Cl3N3O10S3. The first kappa shape index (κ1) is 49.3. The van der Waals surface area contributed by atoms with Crippen molar-refractivity contribution in [2.45, 2.75) is 138 Å². The lowest BCUT2D eigenvalue weighted by atomic mass is 9.76. The summed E-state index contributed by atoms with van der Waals surface area (Å²) in [6, 6.07) is 3.22. The molecule has 3 aromatic rings. The first-order valence-electron chi connectivity index (χ1n) is 20.8. The Balaban J connectivity index is 1.75. The maximum atomic E-state index is 13.9. The van der Waals surface area contributed by atoms with Crippen LogP contribution in [0.3, 0.4) is 0 Å². The zero-order valence-electron chi connectivity index (χ0n) is 36.7. The molecule has 0 saturated carbocycles. The van der Waals surface area contributed by atoms with Crippen molar-refractivity contribution >= 4 is 89.9 Å². The summed E-state index contributed by atoms with van der Waals surface area (Å²) in [6.45, 7) is 15.9. The average Bonchev–Trinajstić information content (AvgIpc) is 3.15. The number of anilines is 1. The number of hydrogen-bond acceptors (Lipinski definition) is 10. The van der Waals surface area contributed by atoms with Crippen molar-refractivity contribution in [2.75, 3.05) is 24.2 Å². The molecule has 0 spiro atoms. The van der Waals surface area contributed by atoms with E-state index in [9.17, 15) is 40.6 Å². The van der Waals surface area contributed by atoms with Gasteiger partial charge < -0.3 is 20.1 Å². The van der Waals surface area contributed by atoms with Crippen LogP contribution >= 0.6 is 46.6 Å². The molecule has 344 valence electrons. The Labute approximate surface area is 388 Å². The van der Waals surface area contributed by atoms with Crippen molar-refractivity contribution in [3.63, 3.8) is 0 Å². The number of benzene rings is 3. The van der Waals surface area contributed by atoms with E-state index < -0.39 is 69.2 Å². The number of carboxylic acids is 1. The molecule has 3 aliphatic heterocycles. The molecule has 1 amide bonds. The number of amides is 1. The zero-order chi connectivity index (χ0) is 46.9. The number of carboxylic acid groups (broad SMARTS) is 1. The van der Waals surface area contributed by atoms with Gasteiger partial charge in [-0.25, -0.2) is 4.79 Å². The molecule has 3 aliphatic rings. The number of halogens is 3. The summed E-state index contributed by atoms with van der Waals surface area (Å²) in [4.78, 5) is 31.6. The third-order valence-electron chi connectivity index (χ3n) is 12.3. The van der Waals surface area contributed by atoms with Gasteiger partial charge in [0.15, 0.2) is 21.3 Å². The molecule has 2 unspecified atom stereocenters. The third kappa shape index (κ3) is 9.47. The predicted molar refractivity (Wildman–Crippen MR) is 248 cm³/mol. The SMILES string of the molecule is CCC1CC(C)(C)N(C)c2c1cc1c(c2S(=O)(=O)O)Oc2c(S(=O)(=O)O)c3c(cc2=C1c1c(Cl)c(SCC(=O)NCCCCCC(C)C)c(Cl)c(Cl)c1C(=O)O)C(C)CC(C)(C)N=3. The normalized spacial score (nSPS) is 18.8. The third-order valence-corrected chi connectivity index (χ3v) is 16.6. The topological polar surface area (TPSA) is 200 Å². The van der Waals surface area contributed by atoms with Crippen LogP contribution in [0.2, 0.25) is 15.1 Å². The van der Waals surface area contributed by atoms with Crippen LogP contribution in [0.15, 0.2) is 31.8 Å². The molecule has 0 bridgehead atoms. The number of ether oxygens (including phenoxy) is 1. The van der Waals surface area contributed by atoms with Gasteiger partial charge in [0.05, 0.1) is 43.0 Å². The standard InChI is InChI=1S/C44H54Cl3N3O10S3/c1-10-23-19-44(7,8)50(9)36-25(23)17-27-29(30-31(42(52)53)32(45)34(47)39(33(30)46)61-20-28(51)48-15-13-11-12-14-21(2)3)26-16-24-22(4)18-43(5,6)49-35(24)40(62(54,55)56)37(26)60-38(27)41(36)63(57,58)59/h16-17,21-23H,10-15,18-20H2,1-9H3,(H,48,51)(H,52,53)(H,54,55,56)(H,57,58,59). The van der Waals surface area contributed by atoms with Gasteiger partial charge in [-0.1, -0.05) is 81.8 Å². The van der Waals surface area contributed by atoms with Gasteiger partial charge >= 0.3 is 5.97 Å². The van der Waals surface area contributed by atoms with E-state index in [1.807, 2.05) is 27.7 Å². The van der Waals surface area contributed by atoms with Crippen molar-refractivity contribution in [3.8, 4) is 11.5 Å². The minimum absolute atomic E-state index is 0.0245. The maximum Gasteiger partial charge on any atom is 0.337 e. The van der Waals surface area contributed by atoms with E-state index in [2.05, 4.69) is 19.2 Å². The molecule has 13 nitrogen and oxygen atoms in total. The number of nitrogens with zero attached hydrogens (tertiary/aromatic N) is 2. The van der Waals surface area contributed by atoms with Gasteiger partial charge in [-0.05, 0) is 94.4 Å². The van der Waals surface area contributed by atoms with Gasteiger partial charge in [0.1, 0.15) is 0 Å². The summed E-state index contributed by atoms with van der Waals surface area (Å²) in [5.74, 6) is -3.36. The van der Waals surface area contributed by atoms with Crippen molar-refractivity contribution in [3.05, 3.63) is 65.6 Å². The molecule has 0 radical (unpaired) electrons. The summed E-state index contributed by atoms with van der Waals surface area (Å²) in [6.07, 6.45) is 5.35. The molecule has 3 heterocycles. The highest BCUT2D eigenvalue weighted by Gasteiger charge is 2.45. The van der Waals surface area contributed by atoms with E-state index in [-0.39, 0.29) is 71.4 Å². The molecule has 2 atom stereocenters. The van der Waals surface area contributed by atoms with Crippen molar-refractivity contribution in [1.29, 1.82) is 0 Å². The lowest BCUT2D eigenvalue weighted by Crippen LogP contribution is -2.47. The number of thioether (sulfide) groups is 1. The Morgan fingerprint density at radius 1 is 0.952 bits per heavy atom. The average molecular weight is 987 g/mol. The molecule has 0 fully saturated rings. The fourth-order valence-electron chi connectivity index (χ4n) is 9.21. The van der Waals surface area contributed by atoms with E-state index in [4.69, 9.17) is 44.5 Å². The van der Waals surface area contributed by atoms with Crippen LogP contribution in [0, 0.1) is 5.92 Å². The lowest BCUT2D eigenvalue weighted by molar-refractivity contribution is -0.118. The summed E-state index contributed by atoms with van der Waals surface area (Å²) in [7, 11) is -8.86.